The normalized spacial score (nSPS) is 22.0. The van der Waals surface area contributed by atoms with Crippen LogP contribution >= 0.6 is 11.3 Å². The van der Waals surface area contributed by atoms with E-state index < -0.39 is 12.0 Å². The predicted molar refractivity (Wildman–Crippen MR) is 72.6 cm³/mol. The monoisotopic (exact) mass is 299 g/mol. The molecule has 1 saturated heterocycles. The van der Waals surface area contributed by atoms with Crippen molar-refractivity contribution in [2.45, 2.75) is 32.0 Å². The van der Waals surface area contributed by atoms with Crippen LogP contribution in [0.3, 0.4) is 0 Å². The zero-order chi connectivity index (χ0) is 14.7. The number of likely N-dealkylation sites (tertiary alicyclic amines) is 1. The van der Waals surface area contributed by atoms with Crippen LogP contribution in [0.4, 0.5) is 4.79 Å². The van der Waals surface area contributed by atoms with Gasteiger partial charge in [-0.25, -0.2) is 14.6 Å². The molecule has 1 aromatic heterocycles. The molecule has 2 heterocycles. The summed E-state index contributed by atoms with van der Waals surface area (Å²) in [5, 5.41) is 12.8. The molecule has 2 amide bonds. The maximum absolute atomic E-state index is 12.1. The van der Waals surface area contributed by atoms with Gasteiger partial charge in [0.15, 0.2) is 0 Å². The third-order valence-electron chi connectivity index (χ3n) is 3.22. The number of ether oxygens (including phenoxy) is 1. The molecule has 0 radical (unpaired) electrons. The lowest BCUT2D eigenvalue weighted by Gasteiger charge is -2.21. The summed E-state index contributed by atoms with van der Waals surface area (Å²) in [6, 6.07) is -1.22. The second-order valence-corrected chi connectivity index (χ2v) is 5.92. The van der Waals surface area contributed by atoms with Crippen LogP contribution in [0.2, 0.25) is 0 Å². The number of hydrogen-bond acceptors (Lipinski definition) is 5. The first-order valence-electron chi connectivity index (χ1n) is 6.22. The Morgan fingerprint density at radius 3 is 2.95 bits per heavy atom. The quantitative estimate of drug-likeness (QED) is 0.859. The smallest absolute Gasteiger partial charge is 0.326 e. The van der Waals surface area contributed by atoms with Crippen LogP contribution in [-0.2, 0) is 16.1 Å². The van der Waals surface area contributed by atoms with Gasteiger partial charge in [-0.2, -0.15) is 0 Å². The van der Waals surface area contributed by atoms with Crippen molar-refractivity contribution in [1.82, 2.24) is 15.2 Å². The molecule has 2 atom stereocenters. The van der Waals surface area contributed by atoms with Crippen molar-refractivity contribution < 1.29 is 19.4 Å². The zero-order valence-electron chi connectivity index (χ0n) is 11.3. The van der Waals surface area contributed by atoms with Gasteiger partial charge in [0, 0.05) is 31.1 Å². The molecule has 1 aromatic rings. The number of aliphatic carboxylic acids is 1. The van der Waals surface area contributed by atoms with Crippen molar-refractivity contribution in [3.63, 3.8) is 0 Å². The molecule has 0 aromatic carbocycles. The molecule has 0 saturated carbocycles. The lowest BCUT2D eigenvalue weighted by Crippen LogP contribution is -2.45. The van der Waals surface area contributed by atoms with Crippen molar-refractivity contribution >= 4 is 23.3 Å². The fourth-order valence-corrected chi connectivity index (χ4v) is 2.91. The number of urea groups is 1. The number of rotatable bonds is 4. The van der Waals surface area contributed by atoms with Crippen molar-refractivity contribution in [2.75, 3.05) is 13.7 Å². The van der Waals surface area contributed by atoms with E-state index in [4.69, 9.17) is 9.84 Å². The van der Waals surface area contributed by atoms with E-state index in [-0.39, 0.29) is 12.1 Å². The van der Waals surface area contributed by atoms with Gasteiger partial charge in [0.1, 0.15) is 6.04 Å². The SMILES string of the molecule is COC1CC(C(=O)O)N(C(=O)NCc2cnc(C)s2)C1. The zero-order valence-corrected chi connectivity index (χ0v) is 12.1. The highest BCUT2D eigenvalue weighted by molar-refractivity contribution is 7.11. The van der Waals surface area contributed by atoms with Crippen molar-refractivity contribution in [3.05, 3.63) is 16.1 Å². The third kappa shape index (κ3) is 3.26. The molecule has 1 aliphatic heterocycles. The number of carboxylic acid groups (broad SMARTS) is 1. The van der Waals surface area contributed by atoms with Gasteiger partial charge in [-0.1, -0.05) is 0 Å². The predicted octanol–water partition coefficient (Wildman–Crippen LogP) is 0.835. The second kappa shape index (κ2) is 6.19. The highest BCUT2D eigenvalue weighted by Gasteiger charge is 2.39. The lowest BCUT2D eigenvalue weighted by atomic mass is 10.2. The van der Waals surface area contributed by atoms with Crippen LogP contribution in [0, 0.1) is 6.92 Å². The summed E-state index contributed by atoms with van der Waals surface area (Å²) >= 11 is 1.50. The average molecular weight is 299 g/mol. The summed E-state index contributed by atoms with van der Waals surface area (Å²) in [6.07, 6.45) is 1.79. The molecule has 0 aliphatic carbocycles. The number of hydrogen-bond donors (Lipinski definition) is 2. The number of thiazole rings is 1. The van der Waals surface area contributed by atoms with Gasteiger partial charge in [-0.15, -0.1) is 11.3 Å². The minimum Gasteiger partial charge on any atom is -0.480 e. The number of aryl methyl sites for hydroxylation is 1. The fourth-order valence-electron chi connectivity index (χ4n) is 2.18. The summed E-state index contributed by atoms with van der Waals surface area (Å²) in [6.45, 7) is 2.53. The molecule has 1 aliphatic rings. The fraction of sp³-hybridized carbons (Fsp3) is 0.583. The molecule has 110 valence electrons. The van der Waals surface area contributed by atoms with Crippen LogP contribution in [-0.4, -0.2) is 52.8 Å². The van der Waals surface area contributed by atoms with Crippen LogP contribution < -0.4 is 5.32 Å². The molecule has 0 spiro atoms. The minimum absolute atomic E-state index is 0.229. The summed E-state index contributed by atoms with van der Waals surface area (Å²) in [7, 11) is 1.52. The van der Waals surface area contributed by atoms with E-state index >= 15 is 0 Å². The van der Waals surface area contributed by atoms with E-state index in [0.717, 1.165) is 9.88 Å². The van der Waals surface area contributed by atoms with Gasteiger partial charge in [0.2, 0.25) is 0 Å². The maximum Gasteiger partial charge on any atom is 0.326 e. The highest BCUT2D eigenvalue weighted by atomic mass is 32.1. The number of nitrogens with one attached hydrogen (secondary N) is 1. The molecule has 2 rings (SSSR count). The molecule has 7 nitrogen and oxygen atoms in total. The number of amides is 2. The molecule has 2 unspecified atom stereocenters. The van der Waals surface area contributed by atoms with Gasteiger partial charge in [-0.05, 0) is 6.92 Å². The summed E-state index contributed by atoms with van der Waals surface area (Å²) < 4.78 is 5.15. The van der Waals surface area contributed by atoms with E-state index in [9.17, 15) is 9.59 Å². The maximum atomic E-state index is 12.1. The number of carbonyl (C=O) groups is 2. The van der Waals surface area contributed by atoms with Gasteiger partial charge in [-0.3, -0.25) is 0 Å². The van der Waals surface area contributed by atoms with Crippen molar-refractivity contribution in [3.8, 4) is 0 Å². The highest BCUT2D eigenvalue weighted by Crippen LogP contribution is 2.20. The topological polar surface area (TPSA) is 91.8 Å². The van der Waals surface area contributed by atoms with E-state index in [0.29, 0.717) is 19.5 Å². The van der Waals surface area contributed by atoms with E-state index in [1.165, 1.54) is 23.3 Å². The van der Waals surface area contributed by atoms with Gasteiger partial charge in [0.25, 0.3) is 0 Å². The first kappa shape index (κ1) is 14.7. The molecule has 0 bridgehead atoms. The Morgan fingerprint density at radius 2 is 2.40 bits per heavy atom. The number of nitrogens with zero attached hydrogens (tertiary/aromatic N) is 2. The number of methoxy groups -OCH3 is 1. The molecular weight excluding hydrogens is 282 g/mol. The van der Waals surface area contributed by atoms with Crippen LogP contribution in [0.15, 0.2) is 6.20 Å². The van der Waals surface area contributed by atoms with Crippen LogP contribution in [0.5, 0.6) is 0 Å². The van der Waals surface area contributed by atoms with Gasteiger partial charge < -0.3 is 20.1 Å². The van der Waals surface area contributed by atoms with Gasteiger partial charge in [0.05, 0.1) is 17.7 Å². The summed E-state index contributed by atoms with van der Waals surface area (Å²) in [4.78, 5) is 29.6. The first-order valence-corrected chi connectivity index (χ1v) is 7.04. The number of carbonyl (C=O) groups excluding carboxylic acids is 1. The summed E-state index contributed by atoms with van der Waals surface area (Å²) in [5.74, 6) is -1.01. The standard InChI is InChI=1S/C12H17N3O4S/c1-7-13-4-9(20-7)5-14-12(18)15-6-8(19-2)3-10(15)11(16)17/h4,8,10H,3,5-6H2,1-2H3,(H,14,18)(H,16,17). The molecular formula is C12H17N3O4S. The Bertz CT molecular complexity index is 505. The first-order chi connectivity index (χ1) is 9.51. The van der Waals surface area contributed by atoms with Gasteiger partial charge >= 0.3 is 12.0 Å². The van der Waals surface area contributed by atoms with E-state index in [1.54, 1.807) is 6.20 Å². The number of carboxylic acids is 1. The largest absolute Gasteiger partial charge is 0.480 e. The lowest BCUT2D eigenvalue weighted by molar-refractivity contribution is -0.141. The Kier molecular flexibility index (Phi) is 4.56. The Balaban J connectivity index is 1.95. The average Bonchev–Trinajstić information content (AvgIpc) is 3.02. The van der Waals surface area contributed by atoms with Crippen molar-refractivity contribution in [1.29, 1.82) is 0 Å². The third-order valence-corrected chi connectivity index (χ3v) is 4.14. The molecule has 20 heavy (non-hydrogen) atoms. The van der Waals surface area contributed by atoms with Crippen LogP contribution in [0.1, 0.15) is 16.3 Å². The Labute approximate surface area is 120 Å². The summed E-state index contributed by atoms with van der Waals surface area (Å²) in [5.41, 5.74) is 0. The van der Waals surface area contributed by atoms with E-state index in [1.807, 2.05) is 6.92 Å². The molecule has 2 N–H and O–H groups in total. The number of aromatic nitrogens is 1. The molecule has 8 heteroatoms. The minimum atomic E-state index is -1.01. The van der Waals surface area contributed by atoms with Crippen molar-refractivity contribution in [2.24, 2.45) is 0 Å². The molecule has 1 fully saturated rings. The Morgan fingerprint density at radius 1 is 1.65 bits per heavy atom. The van der Waals surface area contributed by atoms with E-state index in [2.05, 4.69) is 10.3 Å². The second-order valence-electron chi connectivity index (χ2n) is 4.60. The Hall–Kier alpha value is -1.67. The van der Waals surface area contributed by atoms with Crippen LogP contribution in [0.25, 0.3) is 0 Å².